The maximum Gasteiger partial charge on any atom is 0.337 e. The second-order valence-corrected chi connectivity index (χ2v) is 4.47. The zero-order chi connectivity index (χ0) is 15.2. The molecule has 0 unspecified atom stereocenters. The molecule has 2 N–H and O–H groups in total. The second kappa shape index (κ2) is 8.26. The summed E-state index contributed by atoms with van der Waals surface area (Å²) in [5.74, 6) is -0.615. The normalized spacial score (nSPS) is 9.32. The van der Waals surface area contributed by atoms with Gasteiger partial charge in [0.2, 0.25) is 0 Å². The molecule has 0 aliphatic heterocycles. The van der Waals surface area contributed by atoms with Crippen molar-refractivity contribution in [3.05, 3.63) is 71.9 Å². The number of pyridine rings is 1. The standard InChI is InChI=1S/C11H9NO2.C6H6O.Ga/c1-7-5-6-8-3-2-4-9(11(13)14)10(8)12-7;7-6-4-2-1-3-5-6;/h2-6H,1H3,(H,13,14);1-5,7H;. The number of aryl methyl sites for hydroxylation is 1. The fraction of sp³-hybridized carbons (Fsp3) is 0.0588. The first-order chi connectivity index (χ1) is 10.1. The molecule has 4 nitrogen and oxygen atoms in total. The van der Waals surface area contributed by atoms with Crippen molar-refractivity contribution in [2.75, 3.05) is 0 Å². The van der Waals surface area contributed by atoms with E-state index in [1.165, 1.54) is 0 Å². The molecule has 0 atom stereocenters. The first-order valence-corrected chi connectivity index (χ1v) is 6.41. The Balaban J connectivity index is 0.000000258. The Morgan fingerprint density at radius 3 is 2.18 bits per heavy atom. The molecule has 3 radical (unpaired) electrons. The number of fused-ring (bicyclic) bond motifs is 1. The van der Waals surface area contributed by atoms with Crippen molar-refractivity contribution in [3.8, 4) is 5.75 Å². The number of aromatic carboxylic acids is 1. The van der Waals surface area contributed by atoms with Crippen molar-refractivity contribution in [2.24, 2.45) is 0 Å². The minimum Gasteiger partial charge on any atom is -0.508 e. The molecule has 0 saturated heterocycles. The first kappa shape index (κ1) is 17.8. The average Bonchev–Trinajstić information content (AvgIpc) is 2.48. The van der Waals surface area contributed by atoms with Gasteiger partial charge < -0.3 is 10.2 Å². The van der Waals surface area contributed by atoms with Crippen LogP contribution in [0, 0.1) is 6.92 Å². The number of hydrogen-bond donors (Lipinski definition) is 2. The molecule has 0 amide bonds. The number of aromatic nitrogens is 1. The SMILES string of the molecule is Cc1ccc2cccc(C(=O)O)c2n1.Oc1ccccc1.[Ga]. The Kier molecular flexibility index (Phi) is 6.69. The van der Waals surface area contributed by atoms with Gasteiger partial charge in [-0.05, 0) is 31.2 Å². The fourth-order valence-corrected chi connectivity index (χ4v) is 1.85. The van der Waals surface area contributed by atoms with Crippen molar-refractivity contribution in [3.63, 3.8) is 0 Å². The molecule has 0 aliphatic carbocycles. The van der Waals surface area contributed by atoms with Crippen molar-refractivity contribution in [1.82, 2.24) is 4.98 Å². The van der Waals surface area contributed by atoms with Crippen LogP contribution in [-0.4, -0.2) is 41.0 Å². The number of carboxylic acid groups (broad SMARTS) is 1. The van der Waals surface area contributed by atoms with E-state index >= 15 is 0 Å². The van der Waals surface area contributed by atoms with Gasteiger partial charge in [0, 0.05) is 30.9 Å². The molecular weight excluding hydrogens is 336 g/mol. The van der Waals surface area contributed by atoms with E-state index in [0.717, 1.165) is 11.1 Å². The van der Waals surface area contributed by atoms with Crippen LogP contribution in [0.2, 0.25) is 0 Å². The van der Waals surface area contributed by atoms with E-state index in [9.17, 15) is 4.79 Å². The smallest absolute Gasteiger partial charge is 0.337 e. The van der Waals surface area contributed by atoms with Crippen LogP contribution < -0.4 is 0 Å². The predicted molar refractivity (Wildman–Crippen MR) is 87.3 cm³/mol. The summed E-state index contributed by atoms with van der Waals surface area (Å²) < 4.78 is 0. The van der Waals surface area contributed by atoms with Gasteiger partial charge in [-0.25, -0.2) is 4.79 Å². The quantitative estimate of drug-likeness (QED) is 0.661. The van der Waals surface area contributed by atoms with E-state index < -0.39 is 5.97 Å². The van der Waals surface area contributed by atoms with Crippen LogP contribution in [0.1, 0.15) is 16.1 Å². The summed E-state index contributed by atoms with van der Waals surface area (Å²) in [5.41, 5.74) is 1.64. The van der Waals surface area contributed by atoms with Gasteiger partial charge in [0.15, 0.2) is 0 Å². The second-order valence-electron chi connectivity index (χ2n) is 4.47. The molecule has 3 aromatic rings. The number of hydrogen-bond acceptors (Lipinski definition) is 3. The van der Waals surface area contributed by atoms with Crippen molar-refractivity contribution < 1.29 is 15.0 Å². The summed E-state index contributed by atoms with van der Waals surface area (Å²) in [6.07, 6.45) is 0. The summed E-state index contributed by atoms with van der Waals surface area (Å²) in [6, 6.07) is 17.6. The number of rotatable bonds is 1. The van der Waals surface area contributed by atoms with E-state index in [1.807, 2.05) is 31.2 Å². The number of nitrogens with zero attached hydrogens (tertiary/aromatic N) is 1. The van der Waals surface area contributed by atoms with Crippen molar-refractivity contribution in [1.29, 1.82) is 0 Å². The molecule has 0 aliphatic rings. The third kappa shape index (κ3) is 4.65. The van der Waals surface area contributed by atoms with Gasteiger partial charge in [0.1, 0.15) is 5.75 Å². The van der Waals surface area contributed by atoms with E-state index in [2.05, 4.69) is 4.98 Å². The average molecular weight is 351 g/mol. The Morgan fingerprint density at radius 1 is 0.955 bits per heavy atom. The number of carboxylic acids is 1. The fourth-order valence-electron chi connectivity index (χ4n) is 1.85. The van der Waals surface area contributed by atoms with Gasteiger partial charge in [0.25, 0.3) is 0 Å². The molecule has 0 saturated carbocycles. The van der Waals surface area contributed by atoms with Crippen molar-refractivity contribution >= 4 is 36.7 Å². The summed E-state index contributed by atoms with van der Waals surface area (Å²) in [6.45, 7) is 1.85. The third-order valence-electron chi connectivity index (χ3n) is 2.85. The number of carbonyl (C=O) groups is 1. The van der Waals surface area contributed by atoms with Gasteiger partial charge >= 0.3 is 5.97 Å². The number of aromatic hydroxyl groups is 1. The van der Waals surface area contributed by atoms with Gasteiger partial charge in [0.05, 0.1) is 11.1 Å². The van der Waals surface area contributed by atoms with Gasteiger partial charge in [-0.2, -0.15) is 0 Å². The van der Waals surface area contributed by atoms with Gasteiger partial charge in [-0.1, -0.05) is 36.4 Å². The molecule has 0 spiro atoms. The zero-order valence-electron chi connectivity index (χ0n) is 12.1. The van der Waals surface area contributed by atoms with Crippen LogP contribution in [0.25, 0.3) is 10.9 Å². The molecule has 0 fully saturated rings. The van der Waals surface area contributed by atoms with E-state index in [4.69, 9.17) is 10.2 Å². The topological polar surface area (TPSA) is 70.4 Å². The number of para-hydroxylation sites is 2. The molecule has 2 aromatic carbocycles. The zero-order valence-corrected chi connectivity index (χ0v) is 14.5. The summed E-state index contributed by atoms with van der Waals surface area (Å²) in [5, 5.41) is 18.4. The summed E-state index contributed by atoms with van der Waals surface area (Å²) in [4.78, 5) is 15.1. The van der Waals surface area contributed by atoms with Crippen molar-refractivity contribution in [2.45, 2.75) is 6.92 Å². The van der Waals surface area contributed by atoms with Crippen LogP contribution in [0.4, 0.5) is 0 Å². The third-order valence-corrected chi connectivity index (χ3v) is 2.85. The molecule has 1 aromatic heterocycles. The van der Waals surface area contributed by atoms with Gasteiger partial charge in [-0.15, -0.1) is 0 Å². The maximum absolute atomic E-state index is 10.9. The predicted octanol–water partition coefficient (Wildman–Crippen LogP) is 3.25. The molecular formula is C17H15GaNO3. The Hall–Kier alpha value is -2.24. The van der Waals surface area contributed by atoms with E-state index in [-0.39, 0.29) is 25.4 Å². The largest absolute Gasteiger partial charge is 0.508 e. The van der Waals surface area contributed by atoms with Crippen LogP contribution in [0.5, 0.6) is 5.75 Å². The Bertz CT molecular complexity index is 760. The number of benzene rings is 2. The molecule has 5 heteroatoms. The van der Waals surface area contributed by atoms with Crippen LogP contribution in [0.3, 0.4) is 0 Å². The summed E-state index contributed by atoms with van der Waals surface area (Å²) in [7, 11) is 0. The minimum atomic E-state index is -0.936. The maximum atomic E-state index is 10.9. The summed E-state index contributed by atoms with van der Waals surface area (Å²) >= 11 is 0. The van der Waals surface area contributed by atoms with Crippen LogP contribution >= 0.6 is 0 Å². The van der Waals surface area contributed by atoms with Gasteiger partial charge in [-0.3, -0.25) is 4.98 Å². The first-order valence-electron chi connectivity index (χ1n) is 6.41. The van der Waals surface area contributed by atoms with E-state index in [0.29, 0.717) is 11.3 Å². The number of phenols is 1. The molecule has 3 rings (SSSR count). The monoisotopic (exact) mass is 350 g/mol. The minimum absolute atomic E-state index is 0. The van der Waals surface area contributed by atoms with E-state index in [1.54, 1.807) is 36.4 Å². The molecule has 0 bridgehead atoms. The number of phenolic OH excluding ortho intramolecular Hbond substituents is 1. The van der Waals surface area contributed by atoms with Crippen LogP contribution in [-0.2, 0) is 0 Å². The Labute approximate surface area is 141 Å². The molecule has 1 heterocycles. The van der Waals surface area contributed by atoms with Crippen LogP contribution in [0.15, 0.2) is 60.7 Å². The molecule has 109 valence electrons. The Morgan fingerprint density at radius 2 is 1.64 bits per heavy atom. The molecule has 22 heavy (non-hydrogen) atoms.